The maximum atomic E-state index is 5.90. The van der Waals surface area contributed by atoms with E-state index >= 15 is 0 Å². The van der Waals surface area contributed by atoms with Crippen molar-refractivity contribution in [3.05, 3.63) is 16.6 Å². The molecule has 1 aliphatic carbocycles. The van der Waals surface area contributed by atoms with E-state index in [2.05, 4.69) is 22.3 Å². The van der Waals surface area contributed by atoms with Crippen molar-refractivity contribution in [3.8, 4) is 0 Å². The predicted octanol–water partition coefficient (Wildman–Crippen LogP) is 1.08. The molecule has 1 saturated carbocycles. The normalized spacial score (nSPS) is 29.4. The lowest BCUT2D eigenvalue weighted by Crippen LogP contribution is -2.62. The van der Waals surface area contributed by atoms with Gasteiger partial charge in [-0.1, -0.05) is 0 Å². The molecule has 0 aromatic carbocycles. The van der Waals surface area contributed by atoms with E-state index in [4.69, 9.17) is 10.5 Å². The molecule has 2 rings (SSSR count). The van der Waals surface area contributed by atoms with Gasteiger partial charge < -0.3 is 10.5 Å². The number of methoxy groups -OCH3 is 1. The van der Waals surface area contributed by atoms with Gasteiger partial charge in [0.15, 0.2) is 0 Å². The van der Waals surface area contributed by atoms with E-state index in [0.717, 1.165) is 25.1 Å². The average Bonchev–Trinajstić information content (AvgIpc) is 2.70. The third kappa shape index (κ3) is 2.13. The highest BCUT2D eigenvalue weighted by atomic mass is 32.1. The van der Waals surface area contributed by atoms with Gasteiger partial charge in [0.2, 0.25) is 0 Å². The highest BCUT2D eigenvalue weighted by Crippen LogP contribution is 2.38. The van der Waals surface area contributed by atoms with Crippen molar-refractivity contribution in [3.63, 3.8) is 0 Å². The Hall–Kier alpha value is -0.490. The monoisotopic (exact) mass is 241 g/mol. The minimum absolute atomic E-state index is 0.115. The van der Waals surface area contributed by atoms with Crippen LogP contribution >= 0.6 is 11.3 Å². The summed E-state index contributed by atoms with van der Waals surface area (Å²) in [6, 6.07) is 0. The lowest BCUT2D eigenvalue weighted by Gasteiger charge is -2.51. The lowest BCUT2D eigenvalue weighted by atomic mass is 9.73. The van der Waals surface area contributed by atoms with Crippen molar-refractivity contribution in [2.75, 3.05) is 20.7 Å². The second-order valence-corrected chi connectivity index (χ2v) is 5.25. The molecule has 0 amide bonds. The van der Waals surface area contributed by atoms with Crippen LogP contribution in [0.25, 0.3) is 0 Å². The molecule has 1 fully saturated rings. The SMILES string of the molecule is COC1CC(CN)(N(C)Cc2cscn2)C1. The Labute approximate surface area is 100 Å². The summed E-state index contributed by atoms with van der Waals surface area (Å²) < 4.78 is 5.33. The molecule has 0 saturated heterocycles. The fourth-order valence-electron chi connectivity index (χ4n) is 2.31. The molecule has 0 aliphatic heterocycles. The number of hydrogen-bond donors (Lipinski definition) is 1. The van der Waals surface area contributed by atoms with Gasteiger partial charge in [-0.3, -0.25) is 4.90 Å². The van der Waals surface area contributed by atoms with Crippen LogP contribution in [0.15, 0.2) is 10.9 Å². The molecule has 4 nitrogen and oxygen atoms in total. The molecule has 0 unspecified atom stereocenters. The van der Waals surface area contributed by atoms with Crippen LogP contribution in [-0.4, -0.2) is 42.2 Å². The fourth-order valence-corrected chi connectivity index (χ4v) is 2.86. The molecule has 1 heterocycles. The van der Waals surface area contributed by atoms with Gasteiger partial charge in [-0.25, -0.2) is 4.98 Å². The number of aromatic nitrogens is 1. The lowest BCUT2D eigenvalue weighted by molar-refractivity contribution is -0.0814. The Morgan fingerprint density at radius 2 is 2.44 bits per heavy atom. The topological polar surface area (TPSA) is 51.4 Å². The summed E-state index contributed by atoms with van der Waals surface area (Å²) >= 11 is 1.64. The second kappa shape index (κ2) is 4.79. The fraction of sp³-hybridized carbons (Fsp3) is 0.727. The molecule has 0 bridgehead atoms. The highest BCUT2D eigenvalue weighted by Gasteiger charge is 2.46. The van der Waals surface area contributed by atoms with Crippen molar-refractivity contribution in [1.29, 1.82) is 0 Å². The van der Waals surface area contributed by atoms with E-state index < -0.39 is 0 Å². The largest absolute Gasteiger partial charge is 0.381 e. The van der Waals surface area contributed by atoms with E-state index in [0.29, 0.717) is 12.6 Å². The number of ether oxygens (including phenoxy) is 1. The number of nitrogens with zero attached hydrogens (tertiary/aromatic N) is 2. The van der Waals surface area contributed by atoms with Gasteiger partial charge in [0.25, 0.3) is 0 Å². The maximum Gasteiger partial charge on any atom is 0.0795 e. The number of thiazole rings is 1. The maximum absolute atomic E-state index is 5.90. The Morgan fingerprint density at radius 1 is 1.69 bits per heavy atom. The quantitative estimate of drug-likeness (QED) is 0.838. The molecule has 0 spiro atoms. The van der Waals surface area contributed by atoms with Crippen LogP contribution in [0.2, 0.25) is 0 Å². The van der Waals surface area contributed by atoms with Crippen LogP contribution < -0.4 is 5.73 Å². The first-order valence-corrected chi connectivity index (χ1v) is 6.45. The number of likely N-dealkylation sites (N-methyl/N-ethyl adjacent to an activating group) is 1. The minimum atomic E-state index is 0.115. The number of nitrogens with two attached hydrogens (primary N) is 1. The summed E-state index contributed by atoms with van der Waals surface area (Å²) in [5.41, 5.74) is 9.01. The van der Waals surface area contributed by atoms with E-state index in [-0.39, 0.29) is 5.54 Å². The summed E-state index contributed by atoms with van der Waals surface area (Å²) in [7, 11) is 3.89. The van der Waals surface area contributed by atoms with Crippen molar-refractivity contribution < 1.29 is 4.74 Å². The first kappa shape index (κ1) is 12.0. The van der Waals surface area contributed by atoms with E-state index in [1.807, 2.05) is 5.51 Å². The van der Waals surface area contributed by atoms with Gasteiger partial charge in [-0.15, -0.1) is 11.3 Å². The van der Waals surface area contributed by atoms with Gasteiger partial charge in [-0.2, -0.15) is 0 Å². The Balaban J connectivity index is 1.95. The van der Waals surface area contributed by atoms with Gasteiger partial charge in [0, 0.05) is 31.1 Å². The van der Waals surface area contributed by atoms with Crippen LogP contribution in [0, 0.1) is 0 Å². The van der Waals surface area contributed by atoms with Gasteiger partial charge >= 0.3 is 0 Å². The van der Waals surface area contributed by atoms with E-state index in [9.17, 15) is 0 Å². The first-order chi connectivity index (χ1) is 7.70. The molecule has 2 N–H and O–H groups in total. The third-order valence-electron chi connectivity index (χ3n) is 3.62. The molecule has 16 heavy (non-hydrogen) atoms. The Morgan fingerprint density at radius 3 is 2.94 bits per heavy atom. The zero-order chi connectivity index (χ0) is 11.6. The zero-order valence-electron chi connectivity index (χ0n) is 9.85. The summed E-state index contributed by atoms with van der Waals surface area (Å²) in [6.07, 6.45) is 2.43. The van der Waals surface area contributed by atoms with Crippen LogP contribution in [-0.2, 0) is 11.3 Å². The van der Waals surface area contributed by atoms with Crippen molar-refractivity contribution in [2.45, 2.75) is 31.0 Å². The van der Waals surface area contributed by atoms with Gasteiger partial charge in [-0.05, 0) is 19.9 Å². The Bertz CT molecular complexity index is 322. The molecular formula is C11H19N3OS. The molecule has 1 aromatic heterocycles. The number of hydrogen-bond acceptors (Lipinski definition) is 5. The summed E-state index contributed by atoms with van der Waals surface area (Å²) in [6.45, 7) is 1.56. The van der Waals surface area contributed by atoms with Crippen molar-refractivity contribution in [1.82, 2.24) is 9.88 Å². The smallest absolute Gasteiger partial charge is 0.0795 e. The van der Waals surface area contributed by atoms with Crippen molar-refractivity contribution >= 4 is 11.3 Å². The average molecular weight is 241 g/mol. The van der Waals surface area contributed by atoms with Crippen LogP contribution in [0.5, 0.6) is 0 Å². The van der Waals surface area contributed by atoms with Crippen molar-refractivity contribution in [2.24, 2.45) is 5.73 Å². The second-order valence-electron chi connectivity index (χ2n) is 4.53. The third-order valence-corrected chi connectivity index (χ3v) is 4.26. The van der Waals surface area contributed by atoms with E-state index in [1.165, 1.54) is 0 Å². The summed E-state index contributed by atoms with van der Waals surface area (Å²) in [5, 5.41) is 2.09. The Kier molecular flexibility index (Phi) is 3.59. The predicted molar refractivity (Wildman–Crippen MR) is 65.4 cm³/mol. The zero-order valence-corrected chi connectivity index (χ0v) is 10.7. The summed E-state index contributed by atoms with van der Waals surface area (Å²) in [5.74, 6) is 0. The summed E-state index contributed by atoms with van der Waals surface area (Å²) in [4.78, 5) is 6.62. The van der Waals surface area contributed by atoms with Crippen LogP contribution in [0.4, 0.5) is 0 Å². The molecule has 0 radical (unpaired) electrons. The minimum Gasteiger partial charge on any atom is -0.381 e. The number of rotatable bonds is 5. The van der Waals surface area contributed by atoms with Crippen LogP contribution in [0.3, 0.4) is 0 Å². The molecular weight excluding hydrogens is 222 g/mol. The molecule has 5 heteroatoms. The van der Waals surface area contributed by atoms with Gasteiger partial charge in [0.05, 0.1) is 17.3 Å². The van der Waals surface area contributed by atoms with E-state index in [1.54, 1.807) is 18.4 Å². The standard InChI is InChI=1S/C11H19N3OS/c1-14(5-9-6-16-8-13-9)11(7-12)3-10(4-11)15-2/h6,8,10H,3-5,7,12H2,1-2H3. The van der Waals surface area contributed by atoms with Gasteiger partial charge in [0.1, 0.15) is 0 Å². The molecule has 0 atom stereocenters. The molecule has 1 aromatic rings. The van der Waals surface area contributed by atoms with Crippen LogP contribution in [0.1, 0.15) is 18.5 Å². The molecule has 1 aliphatic rings. The first-order valence-electron chi connectivity index (χ1n) is 5.51. The molecule has 90 valence electrons. The highest BCUT2D eigenvalue weighted by molar-refractivity contribution is 7.07.